The molecule has 2 N–H and O–H groups in total. The van der Waals surface area contributed by atoms with Gasteiger partial charge in [-0.05, 0) is 39.8 Å². The molecule has 0 aromatic rings. The van der Waals surface area contributed by atoms with Crippen molar-refractivity contribution in [1.82, 2.24) is 20.4 Å². The van der Waals surface area contributed by atoms with Crippen molar-refractivity contribution < 1.29 is 9.59 Å². The number of hydrogen-bond acceptors (Lipinski definition) is 6. The van der Waals surface area contributed by atoms with Crippen molar-refractivity contribution in [1.29, 1.82) is 0 Å². The van der Waals surface area contributed by atoms with Gasteiger partial charge in [0.05, 0.1) is 12.3 Å². The Balaban J connectivity index is 1.56. The Morgan fingerprint density at radius 3 is 1.58 bits per heavy atom. The van der Waals surface area contributed by atoms with Crippen molar-refractivity contribution in [3.05, 3.63) is 0 Å². The van der Waals surface area contributed by atoms with E-state index in [2.05, 4.69) is 34.3 Å². The molecule has 2 heterocycles. The SMILES string of the molecule is CC1NCCCN1CCC(=O)CCC(=O)CCN1CCCNC1C. The Labute approximate surface area is 146 Å². The summed E-state index contributed by atoms with van der Waals surface area (Å²) in [6.45, 7) is 10.1. The molecule has 2 atom stereocenters. The number of carbonyl (C=O) groups excluding carboxylic acids is 2. The van der Waals surface area contributed by atoms with E-state index in [9.17, 15) is 9.59 Å². The first-order valence-corrected chi connectivity index (χ1v) is 9.54. The Bertz CT molecular complexity index is 378. The molecule has 24 heavy (non-hydrogen) atoms. The van der Waals surface area contributed by atoms with Gasteiger partial charge in [0.15, 0.2) is 0 Å². The van der Waals surface area contributed by atoms with E-state index < -0.39 is 0 Å². The first-order valence-electron chi connectivity index (χ1n) is 9.54. The Hall–Kier alpha value is -0.820. The minimum atomic E-state index is 0.217. The van der Waals surface area contributed by atoms with E-state index in [4.69, 9.17) is 0 Å². The minimum absolute atomic E-state index is 0.217. The second kappa shape index (κ2) is 10.2. The molecule has 2 aliphatic rings. The third kappa shape index (κ3) is 6.59. The maximum Gasteiger partial charge on any atom is 0.134 e. The summed E-state index contributed by atoms with van der Waals surface area (Å²) in [6, 6.07) is 0. The van der Waals surface area contributed by atoms with Gasteiger partial charge in [-0.15, -0.1) is 0 Å². The summed E-state index contributed by atoms with van der Waals surface area (Å²) in [6.07, 6.45) is 4.92. The van der Waals surface area contributed by atoms with Crippen LogP contribution in [-0.4, -0.2) is 73.0 Å². The fraction of sp³-hybridized carbons (Fsp3) is 0.889. The first-order chi connectivity index (χ1) is 11.6. The molecule has 2 unspecified atom stereocenters. The number of Topliss-reactive ketones (excluding diaryl/α,β-unsaturated/α-hetero) is 2. The number of ketones is 2. The summed E-state index contributed by atoms with van der Waals surface area (Å²) in [5.41, 5.74) is 0. The maximum absolute atomic E-state index is 12.0. The summed E-state index contributed by atoms with van der Waals surface area (Å²) in [5.74, 6) is 0.434. The van der Waals surface area contributed by atoms with Crippen LogP contribution in [0, 0.1) is 0 Å². The third-order valence-corrected chi connectivity index (χ3v) is 5.26. The Morgan fingerprint density at radius 2 is 1.21 bits per heavy atom. The van der Waals surface area contributed by atoms with E-state index in [1.165, 1.54) is 0 Å². The fourth-order valence-electron chi connectivity index (χ4n) is 3.51. The van der Waals surface area contributed by atoms with Crippen molar-refractivity contribution in [2.45, 2.75) is 64.7 Å². The molecule has 0 spiro atoms. The van der Waals surface area contributed by atoms with Crippen LogP contribution in [0.15, 0.2) is 0 Å². The van der Waals surface area contributed by atoms with E-state index in [1.54, 1.807) is 0 Å². The van der Waals surface area contributed by atoms with Crippen LogP contribution in [0.25, 0.3) is 0 Å². The summed E-state index contributed by atoms with van der Waals surface area (Å²) < 4.78 is 0. The summed E-state index contributed by atoms with van der Waals surface area (Å²) in [4.78, 5) is 28.7. The van der Waals surface area contributed by atoms with Crippen LogP contribution in [0.1, 0.15) is 52.4 Å². The smallest absolute Gasteiger partial charge is 0.134 e. The molecule has 138 valence electrons. The van der Waals surface area contributed by atoms with Crippen molar-refractivity contribution in [3.8, 4) is 0 Å². The van der Waals surface area contributed by atoms with Crippen LogP contribution in [0.2, 0.25) is 0 Å². The second-order valence-corrected chi connectivity index (χ2v) is 7.12. The molecule has 2 saturated heterocycles. The molecule has 6 nitrogen and oxygen atoms in total. The van der Waals surface area contributed by atoms with Crippen molar-refractivity contribution in [2.75, 3.05) is 39.3 Å². The largest absolute Gasteiger partial charge is 0.302 e. The molecule has 0 saturated carbocycles. The molecular formula is C18H34N4O2. The van der Waals surface area contributed by atoms with Gasteiger partial charge in [-0.3, -0.25) is 19.4 Å². The molecule has 2 rings (SSSR count). The molecule has 0 aliphatic carbocycles. The topological polar surface area (TPSA) is 64.7 Å². The van der Waals surface area contributed by atoms with Gasteiger partial charge in [0.1, 0.15) is 11.6 Å². The zero-order valence-corrected chi connectivity index (χ0v) is 15.4. The molecule has 0 amide bonds. The van der Waals surface area contributed by atoms with Crippen LogP contribution in [0.3, 0.4) is 0 Å². The van der Waals surface area contributed by atoms with Crippen LogP contribution >= 0.6 is 0 Å². The van der Waals surface area contributed by atoms with Gasteiger partial charge in [-0.1, -0.05) is 0 Å². The maximum atomic E-state index is 12.0. The minimum Gasteiger partial charge on any atom is -0.302 e. The van der Waals surface area contributed by atoms with Gasteiger partial charge in [0.2, 0.25) is 0 Å². The van der Waals surface area contributed by atoms with Crippen molar-refractivity contribution >= 4 is 11.6 Å². The Morgan fingerprint density at radius 1 is 0.792 bits per heavy atom. The van der Waals surface area contributed by atoms with Gasteiger partial charge in [0, 0.05) is 51.9 Å². The zero-order valence-electron chi connectivity index (χ0n) is 15.4. The highest BCUT2D eigenvalue weighted by molar-refractivity contribution is 5.86. The predicted molar refractivity (Wildman–Crippen MR) is 95.8 cm³/mol. The molecule has 0 aromatic carbocycles. The van der Waals surface area contributed by atoms with Crippen LogP contribution < -0.4 is 10.6 Å². The summed E-state index contributed by atoms with van der Waals surface area (Å²) in [5, 5.41) is 6.82. The number of nitrogens with one attached hydrogen (secondary N) is 2. The highest BCUT2D eigenvalue weighted by Crippen LogP contribution is 2.08. The van der Waals surface area contributed by atoms with Gasteiger partial charge < -0.3 is 10.6 Å². The van der Waals surface area contributed by atoms with E-state index in [0.29, 0.717) is 38.0 Å². The molecule has 2 fully saturated rings. The van der Waals surface area contributed by atoms with Gasteiger partial charge >= 0.3 is 0 Å². The lowest BCUT2D eigenvalue weighted by Crippen LogP contribution is -2.50. The fourth-order valence-corrected chi connectivity index (χ4v) is 3.51. The lowest BCUT2D eigenvalue weighted by molar-refractivity contribution is -0.124. The highest BCUT2D eigenvalue weighted by Gasteiger charge is 2.19. The van der Waals surface area contributed by atoms with Crippen molar-refractivity contribution in [2.24, 2.45) is 0 Å². The molecule has 6 heteroatoms. The first kappa shape index (κ1) is 19.5. The third-order valence-electron chi connectivity index (χ3n) is 5.26. The average molecular weight is 338 g/mol. The predicted octanol–water partition coefficient (Wildman–Crippen LogP) is 0.968. The number of carbonyl (C=O) groups is 2. The van der Waals surface area contributed by atoms with E-state index in [1.807, 2.05) is 0 Å². The normalized spacial score (nSPS) is 26.4. The lowest BCUT2D eigenvalue weighted by Gasteiger charge is -2.34. The zero-order chi connectivity index (χ0) is 17.4. The van der Waals surface area contributed by atoms with E-state index in [0.717, 1.165) is 52.1 Å². The van der Waals surface area contributed by atoms with Crippen molar-refractivity contribution in [3.63, 3.8) is 0 Å². The van der Waals surface area contributed by atoms with Gasteiger partial charge in [0.25, 0.3) is 0 Å². The summed E-state index contributed by atoms with van der Waals surface area (Å²) >= 11 is 0. The molecule has 0 aromatic heterocycles. The second-order valence-electron chi connectivity index (χ2n) is 7.12. The number of nitrogens with zero attached hydrogens (tertiary/aromatic N) is 2. The molecule has 2 aliphatic heterocycles. The number of hydrogen-bond donors (Lipinski definition) is 2. The quantitative estimate of drug-likeness (QED) is 0.653. The molecule has 0 radical (unpaired) electrons. The number of rotatable bonds is 9. The Kier molecular flexibility index (Phi) is 8.32. The molecular weight excluding hydrogens is 304 g/mol. The highest BCUT2D eigenvalue weighted by atomic mass is 16.1. The standard InChI is InChI=1S/C18H34N4O2/c1-15-19-9-3-11-21(15)13-7-17(23)5-6-18(24)8-14-22-12-4-10-20-16(22)2/h15-16,19-20H,3-14H2,1-2H3. The monoisotopic (exact) mass is 338 g/mol. The average Bonchev–Trinajstić information content (AvgIpc) is 2.58. The van der Waals surface area contributed by atoms with Crippen LogP contribution in [0.4, 0.5) is 0 Å². The van der Waals surface area contributed by atoms with Crippen LogP contribution in [0.5, 0.6) is 0 Å². The van der Waals surface area contributed by atoms with E-state index in [-0.39, 0.29) is 11.6 Å². The van der Waals surface area contributed by atoms with Gasteiger partial charge in [-0.2, -0.15) is 0 Å². The van der Waals surface area contributed by atoms with Gasteiger partial charge in [-0.25, -0.2) is 0 Å². The molecule has 0 bridgehead atoms. The van der Waals surface area contributed by atoms with Crippen LogP contribution in [-0.2, 0) is 9.59 Å². The lowest BCUT2D eigenvalue weighted by atomic mass is 10.1. The summed E-state index contributed by atoms with van der Waals surface area (Å²) in [7, 11) is 0. The van der Waals surface area contributed by atoms with E-state index >= 15 is 0 Å².